The first-order chi connectivity index (χ1) is 9.27. The van der Waals surface area contributed by atoms with Crippen molar-refractivity contribution in [3.8, 4) is 0 Å². The summed E-state index contributed by atoms with van der Waals surface area (Å²) in [6, 6.07) is 0.0804. The van der Waals surface area contributed by atoms with Gasteiger partial charge in [-0.05, 0) is 19.8 Å². The van der Waals surface area contributed by atoms with Crippen LogP contribution in [0.15, 0.2) is 11.2 Å². The van der Waals surface area contributed by atoms with Crippen molar-refractivity contribution in [2.45, 2.75) is 57.6 Å². The summed E-state index contributed by atoms with van der Waals surface area (Å²) in [5, 5.41) is 2.62. The fourth-order valence-electron chi connectivity index (χ4n) is 1.68. The highest BCUT2D eigenvalue weighted by atomic mass is 35.7. The maximum Gasteiger partial charge on any atom is 0.280 e. The smallest absolute Gasteiger partial charge is 0.280 e. The van der Waals surface area contributed by atoms with Gasteiger partial charge < -0.3 is 9.88 Å². The highest BCUT2D eigenvalue weighted by Crippen LogP contribution is 2.15. The SMILES string of the molecule is CCCc1nc(S(=O)(=O)Cl)cn1CC(=O)NC(C)CC. The van der Waals surface area contributed by atoms with Crippen LogP contribution < -0.4 is 5.32 Å². The van der Waals surface area contributed by atoms with Crippen LogP contribution in [-0.4, -0.2) is 29.9 Å². The van der Waals surface area contributed by atoms with Crippen molar-refractivity contribution in [2.24, 2.45) is 0 Å². The average Bonchev–Trinajstić information content (AvgIpc) is 2.72. The highest BCUT2D eigenvalue weighted by molar-refractivity contribution is 8.13. The quantitative estimate of drug-likeness (QED) is 0.775. The van der Waals surface area contributed by atoms with Crippen molar-refractivity contribution < 1.29 is 13.2 Å². The minimum atomic E-state index is -3.88. The number of amides is 1. The summed E-state index contributed by atoms with van der Waals surface area (Å²) in [5.74, 6) is 0.374. The van der Waals surface area contributed by atoms with Crippen LogP contribution in [0.1, 0.15) is 39.4 Å². The number of aromatic nitrogens is 2. The number of carbonyl (C=O) groups excluding carboxylic acids is 1. The van der Waals surface area contributed by atoms with Gasteiger partial charge in [0.15, 0.2) is 5.03 Å². The molecule has 1 unspecified atom stereocenters. The lowest BCUT2D eigenvalue weighted by Crippen LogP contribution is -2.34. The van der Waals surface area contributed by atoms with Crippen molar-refractivity contribution in [1.82, 2.24) is 14.9 Å². The van der Waals surface area contributed by atoms with E-state index in [9.17, 15) is 13.2 Å². The number of halogens is 1. The van der Waals surface area contributed by atoms with Crippen molar-refractivity contribution >= 4 is 25.6 Å². The van der Waals surface area contributed by atoms with Crippen molar-refractivity contribution in [2.75, 3.05) is 0 Å². The Morgan fingerprint density at radius 1 is 1.50 bits per heavy atom. The Morgan fingerprint density at radius 2 is 2.15 bits per heavy atom. The third-order valence-electron chi connectivity index (χ3n) is 2.89. The molecule has 0 fully saturated rings. The zero-order valence-electron chi connectivity index (χ0n) is 11.9. The lowest BCUT2D eigenvalue weighted by Gasteiger charge is -2.12. The van der Waals surface area contributed by atoms with E-state index in [-0.39, 0.29) is 23.5 Å². The van der Waals surface area contributed by atoms with Crippen molar-refractivity contribution in [1.29, 1.82) is 0 Å². The van der Waals surface area contributed by atoms with Gasteiger partial charge in [0.2, 0.25) is 5.91 Å². The summed E-state index contributed by atoms with van der Waals surface area (Å²) in [6.45, 7) is 5.88. The number of imidazole rings is 1. The number of nitrogens with zero attached hydrogens (tertiary/aromatic N) is 2. The molecule has 0 radical (unpaired) electrons. The zero-order valence-corrected chi connectivity index (χ0v) is 13.5. The van der Waals surface area contributed by atoms with E-state index in [1.807, 2.05) is 20.8 Å². The van der Waals surface area contributed by atoms with Gasteiger partial charge in [0, 0.05) is 29.3 Å². The molecule has 0 saturated heterocycles. The normalized spacial score (nSPS) is 13.2. The van der Waals surface area contributed by atoms with Crippen molar-refractivity contribution in [3.63, 3.8) is 0 Å². The van der Waals surface area contributed by atoms with E-state index in [1.54, 1.807) is 0 Å². The van der Waals surface area contributed by atoms with E-state index in [4.69, 9.17) is 10.7 Å². The molecule has 0 aliphatic heterocycles. The van der Waals surface area contributed by atoms with Gasteiger partial charge in [0.05, 0.1) is 0 Å². The Kier molecular flexibility index (Phi) is 6.01. The second-order valence-corrected chi connectivity index (χ2v) is 7.20. The molecule has 1 atom stereocenters. The van der Waals surface area contributed by atoms with Crippen LogP contribution in [0.25, 0.3) is 0 Å². The predicted octanol–water partition coefficient (Wildman–Crippen LogP) is 1.68. The fourth-order valence-corrected chi connectivity index (χ4v) is 2.37. The van der Waals surface area contributed by atoms with E-state index in [0.717, 1.165) is 12.8 Å². The molecule has 6 nitrogen and oxygen atoms in total. The molecule has 114 valence electrons. The van der Waals surface area contributed by atoms with Crippen LogP contribution in [0.2, 0.25) is 0 Å². The molecule has 0 aromatic carbocycles. The first-order valence-electron chi connectivity index (χ1n) is 6.58. The monoisotopic (exact) mass is 321 g/mol. The molecule has 0 aliphatic rings. The minimum Gasteiger partial charge on any atom is -0.352 e. The van der Waals surface area contributed by atoms with Crippen LogP contribution >= 0.6 is 10.7 Å². The first-order valence-corrected chi connectivity index (χ1v) is 8.88. The Morgan fingerprint density at radius 3 is 2.65 bits per heavy atom. The van der Waals surface area contributed by atoms with Crippen LogP contribution in [0.5, 0.6) is 0 Å². The van der Waals surface area contributed by atoms with Crippen molar-refractivity contribution in [3.05, 3.63) is 12.0 Å². The average molecular weight is 322 g/mol. The Balaban J connectivity index is 2.93. The molecular weight excluding hydrogens is 302 g/mol. The lowest BCUT2D eigenvalue weighted by molar-refractivity contribution is -0.122. The van der Waals surface area contributed by atoms with E-state index in [2.05, 4.69) is 10.3 Å². The summed E-state index contributed by atoms with van der Waals surface area (Å²) < 4.78 is 24.1. The van der Waals surface area contributed by atoms with Gasteiger partial charge in [-0.25, -0.2) is 13.4 Å². The van der Waals surface area contributed by atoms with Gasteiger partial charge in [-0.15, -0.1) is 0 Å². The number of hydrogen-bond donors (Lipinski definition) is 1. The molecule has 8 heteroatoms. The van der Waals surface area contributed by atoms with E-state index < -0.39 is 9.05 Å². The summed E-state index contributed by atoms with van der Waals surface area (Å²) in [5.41, 5.74) is 0. The first kappa shape index (κ1) is 17.0. The van der Waals surface area contributed by atoms with Crippen LogP contribution in [0.3, 0.4) is 0 Å². The minimum absolute atomic E-state index is 0.0408. The number of carbonyl (C=O) groups is 1. The molecule has 0 saturated carbocycles. The highest BCUT2D eigenvalue weighted by Gasteiger charge is 2.19. The molecule has 0 bridgehead atoms. The largest absolute Gasteiger partial charge is 0.352 e. The second-order valence-electron chi connectivity index (χ2n) is 4.69. The summed E-state index contributed by atoms with van der Waals surface area (Å²) in [6.07, 6.45) is 3.52. The van der Waals surface area contributed by atoms with E-state index in [1.165, 1.54) is 10.8 Å². The summed E-state index contributed by atoms with van der Waals surface area (Å²) in [4.78, 5) is 15.8. The molecule has 1 aromatic heterocycles. The van der Waals surface area contributed by atoms with Gasteiger partial charge in [-0.3, -0.25) is 4.79 Å². The van der Waals surface area contributed by atoms with Crippen LogP contribution in [0, 0.1) is 0 Å². The van der Waals surface area contributed by atoms with Gasteiger partial charge in [0.1, 0.15) is 12.4 Å². The van der Waals surface area contributed by atoms with Crippen LogP contribution in [-0.2, 0) is 26.8 Å². The Hall–Kier alpha value is -1.08. The zero-order chi connectivity index (χ0) is 15.3. The summed E-state index contributed by atoms with van der Waals surface area (Å²) in [7, 11) is 1.41. The third-order valence-corrected chi connectivity index (χ3v) is 4.06. The molecule has 1 aromatic rings. The molecule has 1 N–H and O–H groups in total. The molecule has 20 heavy (non-hydrogen) atoms. The molecular formula is C12H20ClN3O3S. The fraction of sp³-hybridized carbons (Fsp3) is 0.667. The number of hydrogen-bond acceptors (Lipinski definition) is 4. The van der Waals surface area contributed by atoms with Gasteiger partial charge in [0.25, 0.3) is 9.05 Å². The summed E-state index contributed by atoms with van der Waals surface area (Å²) >= 11 is 0. The third kappa shape index (κ3) is 4.79. The molecule has 1 amide bonds. The standard InChI is InChI=1S/C12H20ClN3O3S/c1-4-6-10-15-12(20(13,18)19)8-16(10)7-11(17)14-9(3)5-2/h8-9H,4-7H2,1-3H3,(H,14,17). The maximum atomic E-state index is 11.9. The number of aryl methyl sites for hydroxylation is 1. The molecule has 0 spiro atoms. The van der Waals surface area contributed by atoms with E-state index in [0.29, 0.717) is 12.2 Å². The van der Waals surface area contributed by atoms with Gasteiger partial charge in [-0.1, -0.05) is 13.8 Å². The number of nitrogens with one attached hydrogen (secondary N) is 1. The molecule has 1 rings (SSSR count). The Bertz CT molecular complexity index is 569. The van der Waals surface area contributed by atoms with Gasteiger partial charge >= 0.3 is 0 Å². The topological polar surface area (TPSA) is 81.1 Å². The van der Waals surface area contributed by atoms with Gasteiger partial charge in [-0.2, -0.15) is 0 Å². The van der Waals surface area contributed by atoms with E-state index >= 15 is 0 Å². The predicted molar refractivity (Wildman–Crippen MR) is 77.2 cm³/mol. The second kappa shape index (κ2) is 7.08. The number of rotatable bonds is 7. The lowest BCUT2D eigenvalue weighted by atomic mass is 10.2. The Labute approximate surface area is 123 Å². The maximum absolute atomic E-state index is 11.9. The van der Waals surface area contributed by atoms with Crippen LogP contribution in [0.4, 0.5) is 0 Å². The molecule has 0 aliphatic carbocycles. The molecule has 1 heterocycles.